The molecule has 26 heavy (non-hydrogen) atoms. The van der Waals surface area contributed by atoms with Crippen molar-refractivity contribution in [3.63, 3.8) is 0 Å². The van der Waals surface area contributed by atoms with Crippen molar-refractivity contribution in [2.75, 3.05) is 31.1 Å². The molecule has 1 aromatic heterocycles. The summed E-state index contributed by atoms with van der Waals surface area (Å²) >= 11 is 1.82. The molecule has 0 aliphatic carbocycles. The lowest BCUT2D eigenvalue weighted by molar-refractivity contribution is -0.143. The number of carbonyl (C=O) groups excluding carboxylic acids is 2. The van der Waals surface area contributed by atoms with Crippen molar-refractivity contribution in [2.24, 2.45) is 5.41 Å². The molecule has 6 heteroatoms. The largest absolute Gasteiger partial charge is 0.342 e. The molecule has 2 amide bonds. The molecule has 3 heterocycles. The van der Waals surface area contributed by atoms with Gasteiger partial charge in [0.15, 0.2) is 0 Å². The van der Waals surface area contributed by atoms with Crippen molar-refractivity contribution < 1.29 is 9.59 Å². The Balaban J connectivity index is 1.62. The first-order valence-corrected chi connectivity index (χ1v) is 10.8. The molecule has 1 spiro atoms. The minimum absolute atomic E-state index is 0.0640. The van der Waals surface area contributed by atoms with Crippen LogP contribution in [-0.4, -0.2) is 57.7 Å². The van der Waals surface area contributed by atoms with Gasteiger partial charge in [-0.1, -0.05) is 13.0 Å². The highest BCUT2D eigenvalue weighted by molar-refractivity contribution is 7.99. The Kier molecular flexibility index (Phi) is 6.57. The van der Waals surface area contributed by atoms with Gasteiger partial charge in [-0.2, -0.15) is 11.8 Å². The summed E-state index contributed by atoms with van der Waals surface area (Å²) in [4.78, 5) is 33.4. The Labute approximate surface area is 160 Å². The molecule has 0 unspecified atom stereocenters. The van der Waals surface area contributed by atoms with E-state index in [1.165, 1.54) is 0 Å². The van der Waals surface area contributed by atoms with Gasteiger partial charge in [-0.3, -0.25) is 14.6 Å². The van der Waals surface area contributed by atoms with Crippen LogP contribution in [0, 0.1) is 5.41 Å². The quantitative estimate of drug-likeness (QED) is 0.718. The van der Waals surface area contributed by atoms with Crippen molar-refractivity contribution in [1.82, 2.24) is 14.8 Å². The van der Waals surface area contributed by atoms with Gasteiger partial charge in [0.1, 0.15) is 0 Å². The zero-order valence-electron chi connectivity index (χ0n) is 15.7. The van der Waals surface area contributed by atoms with Crippen LogP contribution in [0.25, 0.3) is 0 Å². The van der Waals surface area contributed by atoms with Gasteiger partial charge in [0, 0.05) is 49.8 Å². The average molecular weight is 376 g/mol. The molecule has 2 aliphatic rings. The molecule has 5 nitrogen and oxygen atoms in total. The van der Waals surface area contributed by atoms with E-state index in [9.17, 15) is 9.59 Å². The lowest BCUT2D eigenvalue weighted by Gasteiger charge is -2.48. The van der Waals surface area contributed by atoms with Crippen molar-refractivity contribution in [3.05, 3.63) is 30.1 Å². The SMILES string of the molecule is CCSCCC(=O)N1CCC[C@]2(CCC(=O)N(Cc3ccccn3)C2)C1. The summed E-state index contributed by atoms with van der Waals surface area (Å²) in [5.74, 6) is 2.45. The number of rotatable bonds is 6. The molecule has 142 valence electrons. The molecular weight excluding hydrogens is 346 g/mol. The maximum Gasteiger partial charge on any atom is 0.223 e. The smallest absolute Gasteiger partial charge is 0.223 e. The zero-order valence-corrected chi connectivity index (χ0v) is 16.5. The minimum Gasteiger partial charge on any atom is -0.342 e. The van der Waals surface area contributed by atoms with Gasteiger partial charge in [0.05, 0.1) is 12.2 Å². The number of hydrogen-bond donors (Lipinski definition) is 0. The molecule has 1 aromatic rings. The van der Waals surface area contributed by atoms with Crippen LogP contribution in [0.1, 0.15) is 44.7 Å². The number of nitrogens with zero attached hydrogens (tertiary/aromatic N) is 3. The van der Waals surface area contributed by atoms with E-state index in [1.807, 2.05) is 34.9 Å². The highest BCUT2D eigenvalue weighted by Gasteiger charge is 2.42. The second kappa shape index (κ2) is 8.89. The fraction of sp³-hybridized carbons (Fsp3) is 0.650. The van der Waals surface area contributed by atoms with Crippen LogP contribution in [0.3, 0.4) is 0 Å². The third-order valence-electron chi connectivity index (χ3n) is 5.51. The van der Waals surface area contributed by atoms with Crippen molar-refractivity contribution >= 4 is 23.6 Å². The summed E-state index contributed by atoms with van der Waals surface area (Å²) in [6.45, 7) is 5.11. The Morgan fingerprint density at radius 2 is 2.19 bits per heavy atom. The van der Waals surface area contributed by atoms with Crippen molar-refractivity contribution in [1.29, 1.82) is 0 Å². The summed E-state index contributed by atoms with van der Waals surface area (Å²) in [5, 5.41) is 0. The maximum absolute atomic E-state index is 12.6. The Bertz CT molecular complexity index is 625. The molecule has 2 aliphatic heterocycles. The van der Waals surface area contributed by atoms with Gasteiger partial charge in [-0.05, 0) is 37.1 Å². The summed E-state index contributed by atoms with van der Waals surface area (Å²) in [7, 11) is 0. The van der Waals surface area contributed by atoms with Gasteiger partial charge in [0.2, 0.25) is 11.8 Å². The Morgan fingerprint density at radius 1 is 1.31 bits per heavy atom. The van der Waals surface area contributed by atoms with Crippen molar-refractivity contribution in [3.8, 4) is 0 Å². The van der Waals surface area contributed by atoms with Crippen LogP contribution >= 0.6 is 11.8 Å². The van der Waals surface area contributed by atoms with E-state index in [0.29, 0.717) is 19.4 Å². The third-order valence-corrected chi connectivity index (χ3v) is 6.41. The topological polar surface area (TPSA) is 53.5 Å². The molecule has 0 radical (unpaired) electrons. The van der Waals surface area contributed by atoms with Gasteiger partial charge in [-0.25, -0.2) is 0 Å². The lowest BCUT2D eigenvalue weighted by atomic mass is 9.73. The Hall–Kier alpha value is -1.56. The molecule has 0 saturated carbocycles. The number of thioether (sulfide) groups is 1. The molecule has 0 bridgehead atoms. The number of likely N-dealkylation sites (tertiary alicyclic amines) is 2. The fourth-order valence-corrected chi connectivity index (χ4v) is 4.76. The number of piperidine rings is 2. The molecular formula is C20H29N3O2S. The van der Waals surface area contributed by atoms with Crippen LogP contribution in [0.15, 0.2) is 24.4 Å². The monoisotopic (exact) mass is 375 g/mol. The third kappa shape index (κ3) is 4.78. The second-order valence-electron chi connectivity index (χ2n) is 7.44. The van der Waals surface area contributed by atoms with Crippen LogP contribution in [0.4, 0.5) is 0 Å². The fourth-order valence-electron chi connectivity index (χ4n) is 4.15. The second-order valence-corrected chi connectivity index (χ2v) is 8.83. The van der Waals surface area contributed by atoms with Gasteiger partial charge < -0.3 is 9.80 Å². The van der Waals surface area contributed by atoms with E-state index in [1.54, 1.807) is 6.20 Å². The molecule has 3 rings (SSSR count). The Morgan fingerprint density at radius 3 is 2.96 bits per heavy atom. The van der Waals surface area contributed by atoms with Crippen LogP contribution in [-0.2, 0) is 16.1 Å². The van der Waals surface area contributed by atoms with E-state index >= 15 is 0 Å². The van der Waals surface area contributed by atoms with E-state index in [4.69, 9.17) is 0 Å². The summed E-state index contributed by atoms with van der Waals surface area (Å²) in [6, 6.07) is 5.82. The van der Waals surface area contributed by atoms with Crippen LogP contribution < -0.4 is 0 Å². The highest BCUT2D eigenvalue weighted by atomic mass is 32.2. The molecule has 0 N–H and O–H groups in total. The normalized spacial score (nSPS) is 23.5. The first-order chi connectivity index (χ1) is 12.6. The summed E-state index contributed by atoms with van der Waals surface area (Å²) < 4.78 is 0. The summed E-state index contributed by atoms with van der Waals surface area (Å²) in [6.07, 6.45) is 6.03. The van der Waals surface area contributed by atoms with E-state index in [2.05, 4.69) is 16.8 Å². The molecule has 2 saturated heterocycles. The van der Waals surface area contributed by atoms with E-state index in [-0.39, 0.29) is 17.2 Å². The zero-order chi connectivity index (χ0) is 18.4. The predicted octanol–water partition coefficient (Wildman–Crippen LogP) is 2.96. The van der Waals surface area contributed by atoms with Crippen LogP contribution in [0.2, 0.25) is 0 Å². The lowest BCUT2D eigenvalue weighted by Crippen LogP contribution is -2.54. The number of pyridine rings is 1. The van der Waals surface area contributed by atoms with Crippen LogP contribution in [0.5, 0.6) is 0 Å². The molecule has 1 atom stereocenters. The molecule has 2 fully saturated rings. The highest BCUT2D eigenvalue weighted by Crippen LogP contribution is 2.39. The first kappa shape index (κ1) is 19.2. The summed E-state index contributed by atoms with van der Waals surface area (Å²) in [5.41, 5.74) is 0.993. The number of hydrogen-bond acceptors (Lipinski definition) is 4. The standard InChI is InChI=1S/C20H29N3O2S/c1-2-26-13-8-19(25)22-12-5-9-20(15-22)10-7-18(24)23(16-20)14-17-6-3-4-11-21-17/h3-4,6,11H,2,5,7-10,12-16H2,1H3/t20-/m0/s1. The molecule has 0 aromatic carbocycles. The maximum atomic E-state index is 12.6. The van der Waals surface area contributed by atoms with Gasteiger partial charge in [0.25, 0.3) is 0 Å². The van der Waals surface area contributed by atoms with Gasteiger partial charge in [-0.15, -0.1) is 0 Å². The van der Waals surface area contributed by atoms with Gasteiger partial charge >= 0.3 is 0 Å². The number of carbonyl (C=O) groups is 2. The number of aromatic nitrogens is 1. The average Bonchev–Trinajstić information content (AvgIpc) is 2.66. The number of amides is 2. The van der Waals surface area contributed by atoms with E-state index < -0.39 is 0 Å². The first-order valence-electron chi connectivity index (χ1n) is 9.65. The van der Waals surface area contributed by atoms with Crippen molar-refractivity contribution in [2.45, 2.75) is 45.6 Å². The minimum atomic E-state index is 0.0640. The van der Waals surface area contributed by atoms with E-state index in [0.717, 1.165) is 56.1 Å². The predicted molar refractivity (Wildman–Crippen MR) is 105 cm³/mol.